The lowest BCUT2D eigenvalue weighted by Gasteiger charge is -2.26. The fourth-order valence-corrected chi connectivity index (χ4v) is 4.98. The first-order valence-corrected chi connectivity index (χ1v) is 12.3. The molecule has 0 heterocycles. The third-order valence-corrected chi connectivity index (χ3v) is 6.86. The van der Waals surface area contributed by atoms with E-state index in [9.17, 15) is 0 Å². The van der Waals surface area contributed by atoms with Crippen molar-refractivity contribution in [1.29, 1.82) is 0 Å². The van der Waals surface area contributed by atoms with E-state index in [-0.39, 0.29) is 0 Å². The van der Waals surface area contributed by atoms with Gasteiger partial charge in [-0.2, -0.15) is 0 Å². The summed E-state index contributed by atoms with van der Waals surface area (Å²) in [4.78, 5) is 2.21. The van der Waals surface area contributed by atoms with Gasteiger partial charge in [-0.15, -0.1) is 0 Å². The van der Waals surface area contributed by atoms with Gasteiger partial charge in [0.25, 0.3) is 0 Å². The lowest BCUT2D eigenvalue weighted by molar-refractivity contribution is 1.28. The highest BCUT2D eigenvalue weighted by Crippen LogP contribution is 2.39. The van der Waals surface area contributed by atoms with E-state index in [2.05, 4.69) is 83.8 Å². The summed E-state index contributed by atoms with van der Waals surface area (Å²) < 4.78 is 0. The summed E-state index contributed by atoms with van der Waals surface area (Å²) in [6, 6.07) is 44.0. The topological polar surface area (TPSA) is 3.24 Å². The van der Waals surface area contributed by atoms with E-state index >= 15 is 0 Å². The minimum absolute atomic E-state index is 0.711. The van der Waals surface area contributed by atoms with Crippen molar-refractivity contribution in [2.45, 2.75) is 0 Å². The van der Waals surface area contributed by atoms with Crippen molar-refractivity contribution in [2.75, 3.05) is 4.90 Å². The van der Waals surface area contributed by atoms with Crippen LogP contribution in [-0.2, 0) is 0 Å². The molecule has 0 amide bonds. The van der Waals surface area contributed by atoms with Crippen LogP contribution in [0.1, 0.15) is 0 Å². The van der Waals surface area contributed by atoms with Crippen LogP contribution in [0.25, 0.3) is 32.7 Å². The first-order chi connectivity index (χ1) is 17.2. The Bertz CT molecular complexity index is 1540. The van der Waals surface area contributed by atoms with E-state index in [0.29, 0.717) is 10.0 Å². The second-order valence-corrected chi connectivity index (χ2v) is 9.40. The van der Waals surface area contributed by atoms with Gasteiger partial charge in [-0.05, 0) is 99.4 Å². The second-order valence-electron chi connectivity index (χ2n) is 8.53. The molecule has 6 aromatic carbocycles. The van der Waals surface area contributed by atoms with E-state index < -0.39 is 0 Å². The van der Waals surface area contributed by atoms with Gasteiger partial charge in [-0.1, -0.05) is 83.9 Å². The molecule has 0 unspecified atom stereocenters. The fraction of sp³-hybridized carbons (Fsp3) is 0. The van der Waals surface area contributed by atoms with Crippen LogP contribution in [-0.4, -0.2) is 0 Å². The zero-order valence-corrected chi connectivity index (χ0v) is 20.3. The molecule has 0 aliphatic carbocycles. The number of hydrogen-bond acceptors (Lipinski definition) is 1. The van der Waals surface area contributed by atoms with Gasteiger partial charge in [-0.3, -0.25) is 0 Å². The Kier molecular flexibility index (Phi) is 5.66. The van der Waals surface area contributed by atoms with Crippen LogP contribution in [0, 0.1) is 0 Å². The van der Waals surface area contributed by atoms with Gasteiger partial charge in [0, 0.05) is 27.1 Å². The van der Waals surface area contributed by atoms with Crippen molar-refractivity contribution < 1.29 is 0 Å². The quantitative estimate of drug-likeness (QED) is 0.222. The number of nitrogens with zero attached hydrogens (tertiary/aromatic N) is 1. The standard InChI is InChI=1S/C32H21Cl2N/c33-25-11-17-28(18-12-25)35(29-19-13-26(34)14-20-29)27-15-9-22(10-16-27)32-30-7-3-1-5-23(30)21-24-6-2-4-8-31(24)32/h1-21H. The Hall–Kier alpha value is -3.78. The lowest BCUT2D eigenvalue weighted by Crippen LogP contribution is -2.09. The Morgan fingerprint density at radius 3 is 1.29 bits per heavy atom. The van der Waals surface area contributed by atoms with Crippen molar-refractivity contribution in [2.24, 2.45) is 0 Å². The zero-order chi connectivity index (χ0) is 23.8. The van der Waals surface area contributed by atoms with Gasteiger partial charge in [0.2, 0.25) is 0 Å². The largest absolute Gasteiger partial charge is 0.311 e. The molecule has 35 heavy (non-hydrogen) atoms. The molecule has 0 radical (unpaired) electrons. The normalized spacial score (nSPS) is 11.1. The Morgan fingerprint density at radius 2 is 0.829 bits per heavy atom. The van der Waals surface area contributed by atoms with Crippen molar-refractivity contribution in [1.82, 2.24) is 0 Å². The van der Waals surface area contributed by atoms with Crippen LogP contribution < -0.4 is 4.90 Å². The summed E-state index contributed by atoms with van der Waals surface area (Å²) in [5.41, 5.74) is 5.56. The third kappa shape index (κ3) is 4.14. The van der Waals surface area contributed by atoms with Crippen LogP contribution in [0.15, 0.2) is 127 Å². The molecule has 0 fully saturated rings. The molecule has 0 aromatic heterocycles. The van der Waals surface area contributed by atoms with Gasteiger partial charge in [0.15, 0.2) is 0 Å². The number of fused-ring (bicyclic) bond motifs is 2. The summed E-state index contributed by atoms with van der Waals surface area (Å²) in [6.45, 7) is 0. The summed E-state index contributed by atoms with van der Waals surface area (Å²) in [5.74, 6) is 0. The number of benzene rings is 6. The molecule has 0 saturated carbocycles. The molecule has 0 spiro atoms. The van der Waals surface area contributed by atoms with Crippen LogP contribution in [0.4, 0.5) is 17.1 Å². The fourth-order valence-electron chi connectivity index (χ4n) is 4.73. The van der Waals surface area contributed by atoms with E-state index in [0.717, 1.165) is 17.1 Å². The van der Waals surface area contributed by atoms with E-state index in [1.807, 2.05) is 48.5 Å². The Morgan fingerprint density at radius 1 is 0.429 bits per heavy atom. The average molecular weight is 490 g/mol. The molecule has 0 atom stereocenters. The van der Waals surface area contributed by atoms with E-state index in [1.54, 1.807) is 0 Å². The zero-order valence-electron chi connectivity index (χ0n) is 18.8. The van der Waals surface area contributed by atoms with Crippen molar-refractivity contribution in [3.05, 3.63) is 137 Å². The molecule has 0 aliphatic heterocycles. The number of halogens is 2. The molecule has 0 aliphatic rings. The predicted octanol–water partition coefficient (Wildman–Crippen LogP) is 10.4. The maximum atomic E-state index is 6.18. The number of rotatable bonds is 4. The first kappa shape index (κ1) is 21.7. The number of anilines is 3. The highest BCUT2D eigenvalue weighted by Gasteiger charge is 2.14. The van der Waals surface area contributed by atoms with E-state index in [4.69, 9.17) is 23.2 Å². The van der Waals surface area contributed by atoms with Gasteiger partial charge in [0.05, 0.1) is 0 Å². The first-order valence-electron chi connectivity index (χ1n) is 11.5. The van der Waals surface area contributed by atoms with Gasteiger partial charge in [-0.25, -0.2) is 0 Å². The van der Waals surface area contributed by atoms with Crippen molar-refractivity contribution in [3.8, 4) is 11.1 Å². The summed E-state index contributed by atoms with van der Waals surface area (Å²) in [7, 11) is 0. The summed E-state index contributed by atoms with van der Waals surface area (Å²) >= 11 is 12.4. The highest BCUT2D eigenvalue weighted by molar-refractivity contribution is 6.31. The van der Waals surface area contributed by atoms with Gasteiger partial charge in [0.1, 0.15) is 0 Å². The maximum absolute atomic E-state index is 6.18. The van der Waals surface area contributed by atoms with Crippen LogP contribution in [0.2, 0.25) is 10.0 Å². The minimum Gasteiger partial charge on any atom is -0.311 e. The molecule has 1 nitrogen and oxygen atoms in total. The predicted molar refractivity (Wildman–Crippen MR) is 152 cm³/mol. The molecule has 6 aromatic rings. The molecule has 0 bridgehead atoms. The van der Waals surface area contributed by atoms with Crippen LogP contribution in [0.3, 0.4) is 0 Å². The summed E-state index contributed by atoms with van der Waals surface area (Å²) in [6.07, 6.45) is 0. The molecule has 6 rings (SSSR count). The maximum Gasteiger partial charge on any atom is 0.0462 e. The molecule has 3 heteroatoms. The van der Waals surface area contributed by atoms with Gasteiger partial charge >= 0.3 is 0 Å². The second kappa shape index (κ2) is 9.11. The minimum atomic E-state index is 0.711. The average Bonchev–Trinajstić information content (AvgIpc) is 2.90. The molecular formula is C32H21Cl2N. The van der Waals surface area contributed by atoms with Crippen LogP contribution in [0.5, 0.6) is 0 Å². The third-order valence-electron chi connectivity index (χ3n) is 6.36. The SMILES string of the molecule is Clc1ccc(N(c2ccc(Cl)cc2)c2ccc(-c3c4ccccc4cc4ccccc34)cc2)cc1. The molecule has 0 saturated heterocycles. The van der Waals surface area contributed by atoms with Crippen molar-refractivity contribution in [3.63, 3.8) is 0 Å². The molecule has 168 valence electrons. The van der Waals surface area contributed by atoms with Crippen LogP contribution >= 0.6 is 23.2 Å². The molecule has 0 N–H and O–H groups in total. The molecular weight excluding hydrogens is 469 g/mol. The lowest BCUT2D eigenvalue weighted by atomic mass is 9.92. The van der Waals surface area contributed by atoms with Gasteiger partial charge < -0.3 is 4.90 Å². The Balaban J connectivity index is 1.51. The Labute approximate surface area is 214 Å². The van der Waals surface area contributed by atoms with Crippen molar-refractivity contribution >= 4 is 61.8 Å². The summed E-state index contributed by atoms with van der Waals surface area (Å²) in [5, 5.41) is 6.42. The monoisotopic (exact) mass is 489 g/mol. The van der Waals surface area contributed by atoms with E-state index in [1.165, 1.54) is 32.7 Å². The number of hydrogen-bond donors (Lipinski definition) is 0. The smallest absolute Gasteiger partial charge is 0.0462 e. The highest BCUT2D eigenvalue weighted by atomic mass is 35.5.